The smallest absolute Gasteiger partial charge is 0.229 e. The molecule has 0 aromatic heterocycles. The Bertz CT molecular complexity index is 629. The Morgan fingerprint density at radius 1 is 0.690 bits per heavy atom. The third-order valence-electron chi connectivity index (χ3n) is 4.96. The standard InChI is InChI=1S/C18H26O11/c19-6-9-11(21)13(23)15(25)17(27-9)29-16-14(24)12(22)10(7-20)28-18(16)26-8-4-2-1-3-5-8/h1-5,9-25H,6-7H2/t9?,10?,11-,12-,13+,14+,15?,16?,17+,18-/m1/s1. The predicted molar refractivity (Wildman–Crippen MR) is 93.5 cm³/mol. The molecule has 0 aliphatic carbocycles. The van der Waals surface area contributed by atoms with E-state index in [0.29, 0.717) is 5.75 Å². The third-order valence-corrected chi connectivity index (χ3v) is 4.96. The SMILES string of the molecule is OCC1O[C@@H](OC2[C@H](Oc3ccccc3)OC(CO)[C@@H](O)[C@@H]2O)C(O)[C@@H](O)[C@@H]1O. The minimum atomic E-state index is -1.72. The maximum absolute atomic E-state index is 10.5. The van der Waals surface area contributed by atoms with E-state index in [-0.39, 0.29) is 0 Å². The van der Waals surface area contributed by atoms with Crippen LogP contribution in [0.4, 0.5) is 0 Å². The van der Waals surface area contributed by atoms with Crippen LogP contribution in [-0.2, 0) is 14.2 Å². The Kier molecular flexibility index (Phi) is 7.40. The fourth-order valence-corrected chi connectivity index (χ4v) is 3.26. The van der Waals surface area contributed by atoms with Crippen LogP contribution in [0.2, 0.25) is 0 Å². The van der Waals surface area contributed by atoms with Crippen LogP contribution < -0.4 is 4.74 Å². The summed E-state index contributed by atoms with van der Waals surface area (Å²) in [5, 5.41) is 69.3. The molecular formula is C18H26O11. The highest BCUT2D eigenvalue weighted by Crippen LogP contribution is 2.30. The quantitative estimate of drug-likeness (QED) is 0.246. The van der Waals surface area contributed by atoms with Crippen molar-refractivity contribution >= 4 is 0 Å². The number of rotatable bonds is 6. The molecule has 2 fully saturated rings. The Morgan fingerprint density at radius 2 is 1.24 bits per heavy atom. The van der Waals surface area contributed by atoms with Crippen molar-refractivity contribution in [3.63, 3.8) is 0 Å². The van der Waals surface area contributed by atoms with Crippen molar-refractivity contribution in [3.05, 3.63) is 30.3 Å². The molecule has 2 saturated heterocycles. The van der Waals surface area contributed by atoms with Crippen LogP contribution in [0.5, 0.6) is 5.75 Å². The summed E-state index contributed by atoms with van der Waals surface area (Å²) in [6, 6.07) is 8.37. The van der Waals surface area contributed by atoms with Crippen molar-refractivity contribution in [3.8, 4) is 5.75 Å². The molecule has 11 nitrogen and oxygen atoms in total. The zero-order chi connectivity index (χ0) is 21.1. The molecule has 0 radical (unpaired) electrons. The molecule has 29 heavy (non-hydrogen) atoms. The van der Waals surface area contributed by atoms with E-state index in [2.05, 4.69) is 0 Å². The first kappa shape index (κ1) is 22.3. The van der Waals surface area contributed by atoms with Gasteiger partial charge in [-0.25, -0.2) is 0 Å². The van der Waals surface area contributed by atoms with E-state index < -0.39 is 74.6 Å². The van der Waals surface area contributed by atoms with Crippen LogP contribution in [0.25, 0.3) is 0 Å². The van der Waals surface area contributed by atoms with Gasteiger partial charge in [0.2, 0.25) is 6.29 Å². The summed E-state index contributed by atoms with van der Waals surface area (Å²) in [6.07, 6.45) is -14.8. The van der Waals surface area contributed by atoms with Gasteiger partial charge in [-0.05, 0) is 12.1 Å². The number of benzene rings is 1. The van der Waals surface area contributed by atoms with E-state index in [9.17, 15) is 35.7 Å². The van der Waals surface area contributed by atoms with Gasteiger partial charge in [0.1, 0.15) is 48.5 Å². The van der Waals surface area contributed by atoms with Crippen molar-refractivity contribution in [2.45, 2.75) is 61.4 Å². The van der Waals surface area contributed by atoms with E-state index in [1.54, 1.807) is 30.3 Å². The number of aliphatic hydroxyl groups excluding tert-OH is 7. The summed E-state index contributed by atoms with van der Waals surface area (Å²) in [7, 11) is 0. The number of hydrogen-bond donors (Lipinski definition) is 7. The Labute approximate surface area is 166 Å². The average molecular weight is 418 g/mol. The minimum Gasteiger partial charge on any atom is -0.462 e. The predicted octanol–water partition coefficient (Wildman–Crippen LogP) is -3.31. The summed E-state index contributed by atoms with van der Waals surface area (Å²) < 4.78 is 22.0. The summed E-state index contributed by atoms with van der Waals surface area (Å²) >= 11 is 0. The molecule has 10 atom stereocenters. The van der Waals surface area contributed by atoms with Crippen LogP contribution in [0.15, 0.2) is 30.3 Å². The molecule has 164 valence electrons. The zero-order valence-corrected chi connectivity index (χ0v) is 15.3. The average Bonchev–Trinajstić information content (AvgIpc) is 2.73. The molecule has 2 aliphatic heterocycles. The highest BCUT2D eigenvalue weighted by molar-refractivity contribution is 5.21. The van der Waals surface area contributed by atoms with E-state index in [0.717, 1.165) is 0 Å². The van der Waals surface area contributed by atoms with E-state index in [4.69, 9.17) is 18.9 Å². The monoisotopic (exact) mass is 418 g/mol. The van der Waals surface area contributed by atoms with Crippen LogP contribution >= 0.6 is 0 Å². The van der Waals surface area contributed by atoms with E-state index in [1.165, 1.54) is 0 Å². The number of hydrogen-bond acceptors (Lipinski definition) is 11. The fourth-order valence-electron chi connectivity index (χ4n) is 3.26. The first-order chi connectivity index (χ1) is 13.9. The molecule has 0 spiro atoms. The first-order valence-corrected chi connectivity index (χ1v) is 9.17. The number of ether oxygens (including phenoxy) is 4. The van der Waals surface area contributed by atoms with Crippen LogP contribution in [0.3, 0.4) is 0 Å². The second-order valence-corrected chi connectivity index (χ2v) is 6.94. The summed E-state index contributed by atoms with van der Waals surface area (Å²) in [5.74, 6) is 0.347. The van der Waals surface area contributed by atoms with Crippen molar-refractivity contribution in [1.29, 1.82) is 0 Å². The lowest BCUT2D eigenvalue weighted by atomic mass is 9.97. The zero-order valence-electron chi connectivity index (χ0n) is 15.3. The Hall–Kier alpha value is -1.38. The largest absolute Gasteiger partial charge is 0.462 e. The summed E-state index contributed by atoms with van der Waals surface area (Å²) in [4.78, 5) is 0. The summed E-state index contributed by atoms with van der Waals surface area (Å²) in [5.41, 5.74) is 0. The molecule has 0 saturated carbocycles. The minimum absolute atomic E-state index is 0.347. The summed E-state index contributed by atoms with van der Waals surface area (Å²) in [6.45, 7) is -1.26. The third kappa shape index (κ3) is 4.70. The Morgan fingerprint density at radius 3 is 1.83 bits per heavy atom. The molecule has 0 bridgehead atoms. The van der Waals surface area contributed by atoms with E-state index in [1.807, 2.05) is 0 Å². The maximum Gasteiger partial charge on any atom is 0.229 e. The van der Waals surface area contributed by atoms with Crippen molar-refractivity contribution < 1.29 is 54.7 Å². The first-order valence-electron chi connectivity index (χ1n) is 9.17. The van der Waals surface area contributed by atoms with Gasteiger partial charge < -0.3 is 54.7 Å². The number of para-hydroxylation sites is 1. The lowest BCUT2D eigenvalue weighted by Crippen LogP contribution is -2.65. The molecule has 4 unspecified atom stereocenters. The number of aliphatic hydroxyl groups is 7. The highest BCUT2D eigenvalue weighted by Gasteiger charge is 2.51. The van der Waals surface area contributed by atoms with Crippen LogP contribution in [0.1, 0.15) is 0 Å². The lowest BCUT2D eigenvalue weighted by Gasteiger charge is -2.45. The molecule has 0 amide bonds. The topological polar surface area (TPSA) is 179 Å². The molecule has 2 aliphatic rings. The molecular weight excluding hydrogens is 392 g/mol. The maximum atomic E-state index is 10.5. The van der Waals surface area contributed by atoms with Gasteiger partial charge in [0.05, 0.1) is 13.2 Å². The van der Waals surface area contributed by atoms with Crippen LogP contribution in [-0.4, -0.2) is 110 Å². The molecule has 11 heteroatoms. The molecule has 7 N–H and O–H groups in total. The van der Waals surface area contributed by atoms with Gasteiger partial charge in [-0.3, -0.25) is 0 Å². The van der Waals surface area contributed by atoms with Gasteiger partial charge in [0.25, 0.3) is 0 Å². The van der Waals surface area contributed by atoms with Crippen molar-refractivity contribution in [1.82, 2.24) is 0 Å². The Balaban J connectivity index is 1.80. The van der Waals surface area contributed by atoms with Gasteiger partial charge in [-0.1, -0.05) is 18.2 Å². The van der Waals surface area contributed by atoms with Gasteiger partial charge in [0.15, 0.2) is 12.4 Å². The highest BCUT2D eigenvalue weighted by atomic mass is 16.8. The second-order valence-electron chi connectivity index (χ2n) is 6.94. The molecule has 3 rings (SSSR count). The lowest BCUT2D eigenvalue weighted by molar-refractivity contribution is -0.357. The normalized spacial score (nSPS) is 43.1. The second kappa shape index (κ2) is 9.62. The van der Waals surface area contributed by atoms with E-state index >= 15 is 0 Å². The van der Waals surface area contributed by atoms with Crippen molar-refractivity contribution in [2.75, 3.05) is 13.2 Å². The van der Waals surface area contributed by atoms with Crippen LogP contribution in [0, 0.1) is 0 Å². The van der Waals surface area contributed by atoms with Crippen molar-refractivity contribution in [2.24, 2.45) is 0 Å². The molecule has 1 aromatic carbocycles. The molecule has 2 heterocycles. The van der Waals surface area contributed by atoms with Gasteiger partial charge in [-0.2, -0.15) is 0 Å². The van der Waals surface area contributed by atoms with Gasteiger partial charge in [-0.15, -0.1) is 0 Å². The molecule has 1 aromatic rings. The van der Waals surface area contributed by atoms with Gasteiger partial charge in [0, 0.05) is 0 Å². The van der Waals surface area contributed by atoms with Gasteiger partial charge >= 0.3 is 0 Å². The fraction of sp³-hybridized carbons (Fsp3) is 0.667.